The van der Waals surface area contributed by atoms with E-state index in [1.165, 1.54) is 19.1 Å². The number of nitrogens with zero attached hydrogens (tertiary/aromatic N) is 2. The zero-order valence-electron chi connectivity index (χ0n) is 17.8. The zero-order valence-corrected chi connectivity index (χ0v) is 18.6. The highest BCUT2D eigenvalue weighted by atomic mass is 35.5. The van der Waals surface area contributed by atoms with E-state index >= 15 is 0 Å². The number of anilines is 1. The molecule has 2 bridgehead atoms. The van der Waals surface area contributed by atoms with Crippen molar-refractivity contribution >= 4 is 29.1 Å². The van der Waals surface area contributed by atoms with E-state index in [0.29, 0.717) is 29.5 Å². The number of nitrogens with one attached hydrogen (secondary N) is 2. The van der Waals surface area contributed by atoms with E-state index < -0.39 is 0 Å². The Morgan fingerprint density at radius 2 is 1.84 bits per heavy atom. The SMILES string of the molecule is CC(=O)Nc1cc(Cl)ccc1OCC(=O)N1C2CNCC1CN(Cc1ccc(F)cc1)C2. The molecule has 2 aliphatic heterocycles. The topological polar surface area (TPSA) is 73.9 Å². The Labute approximate surface area is 191 Å². The molecule has 2 aromatic carbocycles. The third-order valence-electron chi connectivity index (χ3n) is 5.70. The Kier molecular flexibility index (Phi) is 6.93. The van der Waals surface area contributed by atoms with Crippen LogP contribution in [0.25, 0.3) is 0 Å². The van der Waals surface area contributed by atoms with Crippen LogP contribution < -0.4 is 15.4 Å². The molecule has 2 amide bonds. The molecule has 7 nitrogen and oxygen atoms in total. The maximum atomic E-state index is 13.2. The normalized spacial score (nSPS) is 20.7. The van der Waals surface area contributed by atoms with Gasteiger partial charge in [0, 0.05) is 44.7 Å². The van der Waals surface area contributed by atoms with Crippen molar-refractivity contribution in [2.24, 2.45) is 0 Å². The zero-order chi connectivity index (χ0) is 22.7. The number of piperazine rings is 2. The number of amides is 2. The van der Waals surface area contributed by atoms with E-state index in [4.69, 9.17) is 16.3 Å². The van der Waals surface area contributed by atoms with E-state index in [1.807, 2.05) is 4.90 Å². The summed E-state index contributed by atoms with van der Waals surface area (Å²) in [6, 6.07) is 11.5. The van der Waals surface area contributed by atoms with Crippen molar-refractivity contribution < 1.29 is 18.7 Å². The van der Waals surface area contributed by atoms with Gasteiger partial charge < -0.3 is 20.3 Å². The van der Waals surface area contributed by atoms with Crippen LogP contribution in [-0.4, -0.2) is 66.5 Å². The number of carbonyl (C=O) groups is 2. The van der Waals surface area contributed by atoms with Crippen LogP contribution >= 0.6 is 11.6 Å². The molecule has 2 unspecified atom stereocenters. The third kappa shape index (κ3) is 5.38. The van der Waals surface area contributed by atoms with Crippen molar-refractivity contribution in [3.63, 3.8) is 0 Å². The van der Waals surface area contributed by atoms with Gasteiger partial charge in [-0.3, -0.25) is 14.5 Å². The van der Waals surface area contributed by atoms with E-state index in [9.17, 15) is 14.0 Å². The number of fused-ring (bicyclic) bond motifs is 2. The Balaban J connectivity index is 1.39. The highest BCUT2D eigenvalue weighted by Crippen LogP contribution is 2.28. The smallest absolute Gasteiger partial charge is 0.261 e. The first kappa shape index (κ1) is 22.5. The molecule has 2 saturated heterocycles. The van der Waals surface area contributed by atoms with E-state index in [1.54, 1.807) is 30.3 Å². The molecule has 0 saturated carbocycles. The van der Waals surface area contributed by atoms with Crippen LogP contribution in [0.5, 0.6) is 5.75 Å². The number of hydrogen-bond donors (Lipinski definition) is 2. The van der Waals surface area contributed by atoms with E-state index in [-0.39, 0.29) is 36.3 Å². The van der Waals surface area contributed by atoms with Crippen molar-refractivity contribution in [1.82, 2.24) is 15.1 Å². The molecule has 2 aliphatic rings. The lowest BCUT2D eigenvalue weighted by molar-refractivity contribution is -0.144. The van der Waals surface area contributed by atoms with Crippen LogP contribution in [0.2, 0.25) is 5.02 Å². The first-order chi connectivity index (χ1) is 15.4. The first-order valence-corrected chi connectivity index (χ1v) is 11.0. The lowest BCUT2D eigenvalue weighted by atomic mass is 10.0. The molecule has 0 aromatic heterocycles. The molecule has 2 fully saturated rings. The summed E-state index contributed by atoms with van der Waals surface area (Å²) in [6.45, 7) is 4.86. The number of ether oxygens (including phenoxy) is 1. The minimum atomic E-state index is -0.249. The Morgan fingerprint density at radius 1 is 1.16 bits per heavy atom. The van der Waals surface area contributed by atoms with Crippen molar-refractivity contribution in [2.75, 3.05) is 38.1 Å². The number of rotatable bonds is 6. The Morgan fingerprint density at radius 3 is 2.50 bits per heavy atom. The number of carbonyl (C=O) groups excluding carboxylic acids is 2. The summed E-state index contributed by atoms with van der Waals surface area (Å²) in [5.41, 5.74) is 1.48. The molecular formula is C23H26ClFN4O3. The second-order valence-electron chi connectivity index (χ2n) is 8.20. The first-order valence-electron chi connectivity index (χ1n) is 10.6. The Hall–Kier alpha value is -2.68. The summed E-state index contributed by atoms with van der Waals surface area (Å²) in [4.78, 5) is 28.8. The van der Waals surface area contributed by atoms with Gasteiger partial charge in [0.25, 0.3) is 5.91 Å². The Bertz CT molecular complexity index is 974. The maximum Gasteiger partial charge on any atom is 0.261 e. The summed E-state index contributed by atoms with van der Waals surface area (Å²) in [5, 5.41) is 6.54. The van der Waals surface area contributed by atoms with Crippen molar-refractivity contribution in [1.29, 1.82) is 0 Å². The van der Waals surface area contributed by atoms with Crippen LogP contribution in [0.1, 0.15) is 12.5 Å². The van der Waals surface area contributed by atoms with Crippen LogP contribution in [0, 0.1) is 5.82 Å². The highest BCUT2D eigenvalue weighted by molar-refractivity contribution is 6.31. The number of benzene rings is 2. The molecule has 9 heteroatoms. The number of halogens is 2. The molecule has 2 heterocycles. The number of hydrogen-bond acceptors (Lipinski definition) is 5. The molecule has 32 heavy (non-hydrogen) atoms. The lowest BCUT2D eigenvalue weighted by Gasteiger charge is -2.50. The molecule has 0 radical (unpaired) electrons. The largest absolute Gasteiger partial charge is 0.482 e. The van der Waals surface area contributed by atoms with E-state index in [0.717, 1.165) is 25.2 Å². The van der Waals surface area contributed by atoms with Gasteiger partial charge in [-0.1, -0.05) is 23.7 Å². The van der Waals surface area contributed by atoms with Gasteiger partial charge >= 0.3 is 0 Å². The summed E-state index contributed by atoms with van der Waals surface area (Å²) in [7, 11) is 0. The predicted octanol–water partition coefficient (Wildman–Crippen LogP) is 2.50. The average Bonchev–Trinajstić information content (AvgIpc) is 2.73. The monoisotopic (exact) mass is 460 g/mol. The molecular weight excluding hydrogens is 435 g/mol. The molecule has 170 valence electrons. The molecule has 2 aromatic rings. The highest BCUT2D eigenvalue weighted by Gasteiger charge is 2.40. The standard InChI is InChI=1S/C23H26ClFN4O3/c1-15(30)27-21-8-17(24)4-7-22(21)32-14-23(31)29-19-9-26-10-20(29)13-28(12-19)11-16-2-5-18(25)6-3-16/h2-8,19-20,26H,9-14H2,1H3,(H,27,30). The van der Waals surface area contributed by atoms with Crippen molar-refractivity contribution in [3.8, 4) is 5.75 Å². The van der Waals surface area contributed by atoms with Crippen LogP contribution in [0.15, 0.2) is 42.5 Å². The van der Waals surface area contributed by atoms with Gasteiger partial charge in [-0.25, -0.2) is 4.39 Å². The summed E-state index contributed by atoms with van der Waals surface area (Å²) in [6.07, 6.45) is 0. The molecule has 2 N–H and O–H groups in total. The maximum absolute atomic E-state index is 13.2. The van der Waals surface area contributed by atoms with Gasteiger partial charge in [-0.2, -0.15) is 0 Å². The van der Waals surface area contributed by atoms with Crippen LogP contribution in [-0.2, 0) is 16.1 Å². The third-order valence-corrected chi connectivity index (χ3v) is 5.93. The van der Waals surface area contributed by atoms with Gasteiger partial charge in [0.15, 0.2) is 6.61 Å². The van der Waals surface area contributed by atoms with Gasteiger partial charge in [-0.05, 0) is 35.9 Å². The van der Waals surface area contributed by atoms with Crippen LogP contribution in [0.3, 0.4) is 0 Å². The van der Waals surface area contributed by atoms with Gasteiger partial charge in [-0.15, -0.1) is 0 Å². The quantitative estimate of drug-likeness (QED) is 0.693. The van der Waals surface area contributed by atoms with E-state index in [2.05, 4.69) is 15.5 Å². The fourth-order valence-corrected chi connectivity index (χ4v) is 4.57. The minimum absolute atomic E-state index is 0.0269. The van der Waals surface area contributed by atoms with Crippen LogP contribution in [0.4, 0.5) is 10.1 Å². The molecule has 2 atom stereocenters. The second kappa shape index (κ2) is 9.85. The summed E-state index contributed by atoms with van der Waals surface area (Å²) in [5.74, 6) is -0.184. The second-order valence-corrected chi connectivity index (χ2v) is 8.63. The lowest BCUT2D eigenvalue weighted by Crippen LogP contribution is -2.69. The fraction of sp³-hybridized carbons (Fsp3) is 0.391. The molecule has 4 rings (SSSR count). The summed E-state index contributed by atoms with van der Waals surface area (Å²) >= 11 is 6.02. The van der Waals surface area contributed by atoms with Crippen molar-refractivity contribution in [2.45, 2.75) is 25.6 Å². The van der Waals surface area contributed by atoms with Crippen molar-refractivity contribution in [3.05, 3.63) is 58.9 Å². The molecule has 0 spiro atoms. The average molecular weight is 461 g/mol. The predicted molar refractivity (Wildman–Crippen MR) is 120 cm³/mol. The molecule has 0 aliphatic carbocycles. The van der Waals surface area contributed by atoms with Gasteiger partial charge in [0.2, 0.25) is 5.91 Å². The summed E-state index contributed by atoms with van der Waals surface area (Å²) < 4.78 is 19.0. The van der Waals surface area contributed by atoms with Gasteiger partial charge in [0.1, 0.15) is 11.6 Å². The minimum Gasteiger partial charge on any atom is -0.482 e. The fourth-order valence-electron chi connectivity index (χ4n) is 4.40. The van der Waals surface area contributed by atoms with Gasteiger partial charge in [0.05, 0.1) is 17.8 Å².